The van der Waals surface area contributed by atoms with Crippen molar-refractivity contribution < 1.29 is 0 Å². The van der Waals surface area contributed by atoms with Gasteiger partial charge in [-0.1, -0.05) is 200 Å². The molecule has 0 spiro atoms. The van der Waals surface area contributed by atoms with Crippen LogP contribution in [0.5, 0.6) is 0 Å². The fourth-order valence-corrected chi connectivity index (χ4v) is 13.2. The van der Waals surface area contributed by atoms with Crippen LogP contribution in [-0.2, 0) is 0 Å². The molecule has 0 aliphatic carbocycles. The lowest BCUT2D eigenvalue weighted by Gasteiger charge is -2.34. The maximum atomic E-state index is 5.35. The zero-order valence-electron chi connectivity index (χ0n) is 30.6. The van der Waals surface area contributed by atoms with Gasteiger partial charge in [0.15, 0.2) is 25.5 Å². The van der Waals surface area contributed by atoms with Gasteiger partial charge in [-0.05, 0) is 44.5 Å². The molecule has 0 N–H and O–H groups in total. The predicted octanol–water partition coefficient (Wildman–Crippen LogP) is 9.32. The molecule has 3 aromatic heterocycles. The summed E-state index contributed by atoms with van der Waals surface area (Å²) in [7, 11) is -2.79. The normalized spacial score (nSPS) is 11.6. The fourth-order valence-electron chi connectivity index (χ4n) is 8.36. The molecule has 0 atom stereocenters. The SMILES string of the molecule is c1ccc(-c2nc(-c3cccc([Si](c4ccccc4)(c4ccccc4)c4ccccc4)c3)nc(-c3cccc4c(-c5ccccc5)c5ccccc5n34)n2)cc1. The van der Waals surface area contributed by atoms with E-state index in [4.69, 9.17) is 15.0 Å². The standard InChI is InChI=1S/C51H36N4Si/c1-6-20-37(21-7-1)48-44-32-16-17-33-45(44)55-46(48)34-19-35-47(55)51-53-49(38-22-8-2-9-23-38)52-50(54-51)39-24-18-31-43(36-39)56(40-25-10-3-11-26-40,41-27-12-4-13-28-41)42-29-14-5-15-30-42/h1-36H. The molecular weight excluding hydrogens is 697 g/mol. The Bertz CT molecular complexity index is 2850. The van der Waals surface area contributed by atoms with E-state index < -0.39 is 8.07 Å². The Kier molecular flexibility index (Phi) is 8.47. The Morgan fingerprint density at radius 3 is 1.36 bits per heavy atom. The molecule has 7 aromatic carbocycles. The molecule has 56 heavy (non-hydrogen) atoms. The third-order valence-electron chi connectivity index (χ3n) is 10.8. The molecule has 3 heterocycles. The molecule has 0 radical (unpaired) electrons. The van der Waals surface area contributed by atoms with Crippen molar-refractivity contribution in [3.8, 4) is 45.4 Å². The van der Waals surface area contributed by atoms with Crippen molar-refractivity contribution in [1.29, 1.82) is 0 Å². The largest absolute Gasteiger partial charge is 0.306 e. The summed E-state index contributed by atoms with van der Waals surface area (Å²) in [6, 6.07) is 77.8. The quantitative estimate of drug-likeness (QED) is 0.116. The topological polar surface area (TPSA) is 43.1 Å². The molecule has 10 rings (SSSR count). The van der Waals surface area contributed by atoms with E-state index in [-0.39, 0.29) is 0 Å². The Hall–Kier alpha value is -7.21. The van der Waals surface area contributed by atoms with Crippen molar-refractivity contribution >= 4 is 45.2 Å². The molecule has 0 aliphatic heterocycles. The molecule has 4 nitrogen and oxygen atoms in total. The van der Waals surface area contributed by atoms with Crippen LogP contribution in [0.4, 0.5) is 0 Å². The maximum absolute atomic E-state index is 5.35. The van der Waals surface area contributed by atoms with Crippen LogP contribution in [0.15, 0.2) is 218 Å². The first-order valence-electron chi connectivity index (χ1n) is 19.0. The summed E-state index contributed by atoms with van der Waals surface area (Å²) in [5.41, 5.74) is 7.35. The number of fused-ring (bicyclic) bond motifs is 3. The van der Waals surface area contributed by atoms with E-state index in [1.807, 2.05) is 18.2 Å². The van der Waals surface area contributed by atoms with Gasteiger partial charge in [-0.15, -0.1) is 0 Å². The number of aromatic nitrogens is 4. The summed E-state index contributed by atoms with van der Waals surface area (Å²) in [6.45, 7) is 0. The average Bonchev–Trinajstić information content (AvgIpc) is 3.63. The Morgan fingerprint density at radius 2 is 0.750 bits per heavy atom. The van der Waals surface area contributed by atoms with E-state index in [0.29, 0.717) is 17.5 Å². The van der Waals surface area contributed by atoms with E-state index >= 15 is 0 Å². The van der Waals surface area contributed by atoms with Gasteiger partial charge in [0.2, 0.25) is 0 Å². The second-order valence-corrected chi connectivity index (χ2v) is 17.8. The van der Waals surface area contributed by atoms with E-state index in [2.05, 4.69) is 205 Å². The summed E-state index contributed by atoms with van der Waals surface area (Å²) in [4.78, 5) is 15.8. The van der Waals surface area contributed by atoms with Crippen LogP contribution in [-0.4, -0.2) is 27.4 Å². The first kappa shape index (κ1) is 33.4. The minimum absolute atomic E-state index is 0.614. The van der Waals surface area contributed by atoms with Crippen molar-refractivity contribution in [3.05, 3.63) is 218 Å². The Labute approximate surface area is 327 Å². The minimum Gasteiger partial charge on any atom is -0.306 e. The van der Waals surface area contributed by atoms with Crippen molar-refractivity contribution in [2.45, 2.75) is 0 Å². The van der Waals surface area contributed by atoms with Gasteiger partial charge in [-0.25, -0.2) is 15.0 Å². The van der Waals surface area contributed by atoms with Gasteiger partial charge >= 0.3 is 0 Å². The Morgan fingerprint density at radius 1 is 0.321 bits per heavy atom. The van der Waals surface area contributed by atoms with E-state index in [9.17, 15) is 0 Å². The molecule has 0 aliphatic rings. The second-order valence-electron chi connectivity index (χ2n) is 14.0. The third-order valence-corrected chi connectivity index (χ3v) is 15.6. The molecule has 5 heteroatoms. The van der Waals surface area contributed by atoms with Gasteiger partial charge in [0.1, 0.15) is 0 Å². The second kappa shape index (κ2) is 14.2. The molecule has 0 amide bonds. The molecule has 0 unspecified atom stereocenters. The molecule has 264 valence electrons. The van der Waals surface area contributed by atoms with Crippen LogP contribution >= 0.6 is 0 Å². The average molecular weight is 733 g/mol. The van der Waals surface area contributed by atoms with E-state index in [1.54, 1.807) is 0 Å². The first-order chi connectivity index (χ1) is 27.8. The number of benzene rings is 7. The van der Waals surface area contributed by atoms with Crippen LogP contribution < -0.4 is 20.7 Å². The van der Waals surface area contributed by atoms with Crippen LogP contribution in [0.1, 0.15) is 0 Å². The molecular formula is C51H36N4Si. The summed E-state index contributed by atoms with van der Waals surface area (Å²) >= 11 is 0. The number of para-hydroxylation sites is 1. The van der Waals surface area contributed by atoms with Crippen molar-refractivity contribution in [1.82, 2.24) is 19.4 Å². The first-order valence-corrected chi connectivity index (χ1v) is 21.0. The highest BCUT2D eigenvalue weighted by atomic mass is 28.3. The summed E-state index contributed by atoms with van der Waals surface area (Å²) in [5.74, 6) is 1.87. The van der Waals surface area contributed by atoms with Gasteiger partial charge in [-0.3, -0.25) is 0 Å². The van der Waals surface area contributed by atoms with Crippen LogP contribution in [0.2, 0.25) is 0 Å². The number of rotatable bonds is 8. The molecule has 0 saturated heterocycles. The van der Waals surface area contributed by atoms with Gasteiger partial charge in [0.05, 0.1) is 16.7 Å². The summed E-state index contributed by atoms with van der Waals surface area (Å²) < 4.78 is 2.31. The number of pyridine rings is 1. The fraction of sp³-hybridized carbons (Fsp3) is 0. The zero-order valence-corrected chi connectivity index (χ0v) is 31.6. The van der Waals surface area contributed by atoms with Crippen molar-refractivity contribution in [2.24, 2.45) is 0 Å². The molecule has 0 bridgehead atoms. The van der Waals surface area contributed by atoms with Gasteiger partial charge in [0, 0.05) is 22.1 Å². The lowest BCUT2D eigenvalue weighted by Crippen LogP contribution is -2.74. The van der Waals surface area contributed by atoms with Crippen molar-refractivity contribution in [2.75, 3.05) is 0 Å². The number of hydrogen-bond donors (Lipinski definition) is 0. The van der Waals surface area contributed by atoms with Crippen LogP contribution in [0.25, 0.3) is 61.8 Å². The van der Waals surface area contributed by atoms with Crippen molar-refractivity contribution in [3.63, 3.8) is 0 Å². The third kappa shape index (κ3) is 5.65. The number of nitrogens with zero attached hydrogens (tertiary/aromatic N) is 4. The highest BCUT2D eigenvalue weighted by molar-refractivity contribution is 7.19. The monoisotopic (exact) mass is 732 g/mol. The van der Waals surface area contributed by atoms with Gasteiger partial charge < -0.3 is 4.40 Å². The maximum Gasteiger partial charge on any atom is 0.180 e. The highest BCUT2D eigenvalue weighted by Crippen LogP contribution is 2.38. The van der Waals surface area contributed by atoms with Gasteiger partial charge in [0.25, 0.3) is 0 Å². The molecule has 0 fully saturated rings. The highest BCUT2D eigenvalue weighted by Gasteiger charge is 2.41. The van der Waals surface area contributed by atoms with E-state index in [1.165, 1.54) is 37.3 Å². The zero-order chi connectivity index (χ0) is 37.3. The smallest absolute Gasteiger partial charge is 0.180 e. The Balaban J connectivity index is 1.23. The molecule has 10 aromatic rings. The summed E-state index contributed by atoms with van der Waals surface area (Å²) in [6.07, 6.45) is 0. The van der Waals surface area contributed by atoms with Gasteiger partial charge in [-0.2, -0.15) is 0 Å². The lowest BCUT2D eigenvalue weighted by molar-refractivity contribution is 1.05. The van der Waals surface area contributed by atoms with E-state index in [0.717, 1.165) is 27.9 Å². The predicted molar refractivity (Wildman–Crippen MR) is 234 cm³/mol. The summed E-state index contributed by atoms with van der Waals surface area (Å²) in [5, 5.41) is 6.39. The number of hydrogen-bond acceptors (Lipinski definition) is 3. The molecule has 0 saturated carbocycles. The van der Waals surface area contributed by atoms with Crippen LogP contribution in [0, 0.1) is 0 Å². The minimum atomic E-state index is -2.79. The lowest BCUT2D eigenvalue weighted by atomic mass is 10.0. The van der Waals surface area contributed by atoms with Crippen LogP contribution in [0.3, 0.4) is 0 Å².